The van der Waals surface area contributed by atoms with Crippen LogP contribution in [-0.2, 0) is 6.42 Å². The normalized spacial score (nSPS) is 10.5. The van der Waals surface area contributed by atoms with Gasteiger partial charge in [0.1, 0.15) is 5.82 Å². The van der Waals surface area contributed by atoms with Gasteiger partial charge < -0.3 is 5.32 Å². The quantitative estimate of drug-likeness (QED) is 0.893. The minimum Gasteiger partial charge on any atom is -0.319 e. The molecule has 0 aliphatic rings. The fraction of sp³-hybridized carbons (Fsp3) is 0.250. The average molecular weight is 344 g/mol. The van der Waals surface area contributed by atoms with Gasteiger partial charge in [-0.25, -0.2) is 4.98 Å². The third kappa shape index (κ3) is 3.54. The molecule has 7 heteroatoms. The van der Waals surface area contributed by atoms with E-state index in [9.17, 15) is 4.79 Å². The fourth-order valence-corrected chi connectivity index (χ4v) is 1.93. The summed E-state index contributed by atoms with van der Waals surface area (Å²) in [6.07, 6.45) is 1.71. The van der Waals surface area contributed by atoms with Gasteiger partial charge in [-0.3, -0.25) is 9.89 Å². The van der Waals surface area contributed by atoms with Crippen LogP contribution in [0.25, 0.3) is 0 Å². The molecule has 1 amide bonds. The molecule has 5 nitrogen and oxygen atoms in total. The predicted molar refractivity (Wildman–Crippen MR) is 77.5 cm³/mol. The topological polar surface area (TPSA) is 70.7 Å². The number of aryl methyl sites for hydroxylation is 1. The zero-order chi connectivity index (χ0) is 13.8. The number of H-pyrrole nitrogens is 1. The number of anilines is 1. The van der Waals surface area contributed by atoms with Crippen molar-refractivity contribution in [3.05, 3.63) is 39.3 Å². The number of hydrogen-bond acceptors (Lipinski definition) is 3. The number of aromatic nitrogens is 3. The lowest BCUT2D eigenvalue weighted by Crippen LogP contribution is -2.13. The highest BCUT2D eigenvalue weighted by molar-refractivity contribution is 9.10. The average Bonchev–Trinajstić information content (AvgIpc) is 2.83. The first-order valence-electron chi connectivity index (χ1n) is 5.78. The van der Waals surface area contributed by atoms with Crippen LogP contribution in [0.1, 0.15) is 29.8 Å². The van der Waals surface area contributed by atoms with Crippen LogP contribution in [0.2, 0.25) is 5.02 Å². The number of carbonyl (C=O) groups is 1. The summed E-state index contributed by atoms with van der Waals surface area (Å²) in [6.45, 7) is 2.03. The van der Waals surface area contributed by atoms with Crippen molar-refractivity contribution in [2.24, 2.45) is 0 Å². The van der Waals surface area contributed by atoms with Gasteiger partial charge in [-0.1, -0.05) is 18.5 Å². The van der Waals surface area contributed by atoms with E-state index in [1.165, 1.54) is 0 Å². The number of nitrogens with one attached hydrogen (secondary N) is 2. The monoisotopic (exact) mass is 342 g/mol. The molecule has 0 spiro atoms. The second-order valence-electron chi connectivity index (χ2n) is 3.94. The first-order valence-corrected chi connectivity index (χ1v) is 6.95. The Labute approximate surface area is 123 Å². The van der Waals surface area contributed by atoms with Crippen LogP contribution in [0.4, 0.5) is 5.69 Å². The van der Waals surface area contributed by atoms with E-state index in [2.05, 4.69) is 36.4 Å². The third-order valence-electron chi connectivity index (χ3n) is 2.40. The first kappa shape index (κ1) is 14.0. The molecule has 100 valence electrons. The molecule has 0 saturated heterocycles. The van der Waals surface area contributed by atoms with E-state index in [0.717, 1.165) is 17.3 Å². The summed E-state index contributed by atoms with van der Waals surface area (Å²) in [7, 11) is 0. The molecule has 19 heavy (non-hydrogen) atoms. The molecule has 2 rings (SSSR count). The SMILES string of the molecule is CCCc1nc(C(=O)Nc2ccc(Br)c(Cl)c2)n[nH]1. The van der Waals surface area contributed by atoms with E-state index in [0.29, 0.717) is 16.5 Å². The van der Waals surface area contributed by atoms with Crippen LogP contribution >= 0.6 is 27.5 Å². The van der Waals surface area contributed by atoms with Crippen LogP contribution < -0.4 is 5.32 Å². The Kier molecular flexibility index (Phi) is 4.55. The molecular formula is C12H12BrClN4O. The second kappa shape index (κ2) is 6.16. The first-order chi connectivity index (χ1) is 9.10. The molecule has 0 bridgehead atoms. The van der Waals surface area contributed by atoms with Crippen LogP contribution in [0.5, 0.6) is 0 Å². The van der Waals surface area contributed by atoms with Crippen molar-refractivity contribution in [2.45, 2.75) is 19.8 Å². The van der Waals surface area contributed by atoms with Gasteiger partial charge in [0.2, 0.25) is 5.82 Å². The van der Waals surface area contributed by atoms with Crippen molar-refractivity contribution >= 4 is 39.1 Å². The lowest BCUT2D eigenvalue weighted by atomic mass is 10.3. The molecule has 0 fully saturated rings. The number of rotatable bonds is 4. The number of nitrogens with zero attached hydrogens (tertiary/aromatic N) is 2. The van der Waals surface area contributed by atoms with Gasteiger partial charge in [0, 0.05) is 16.6 Å². The molecule has 1 aromatic heterocycles. The zero-order valence-electron chi connectivity index (χ0n) is 10.2. The molecule has 0 atom stereocenters. The summed E-state index contributed by atoms with van der Waals surface area (Å²) in [4.78, 5) is 16.0. The lowest BCUT2D eigenvalue weighted by Gasteiger charge is -2.03. The Balaban J connectivity index is 2.09. The Morgan fingerprint density at radius 2 is 2.32 bits per heavy atom. The number of aromatic amines is 1. The maximum Gasteiger partial charge on any atom is 0.295 e. The summed E-state index contributed by atoms with van der Waals surface area (Å²) >= 11 is 9.24. The van der Waals surface area contributed by atoms with Crippen LogP contribution in [0, 0.1) is 0 Å². The van der Waals surface area contributed by atoms with Crippen molar-refractivity contribution in [3.8, 4) is 0 Å². The van der Waals surface area contributed by atoms with E-state index < -0.39 is 0 Å². The Morgan fingerprint density at radius 3 is 3.00 bits per heavy atom. The molecule has 2 aromatic rings. The van der Waals surface area contributed by atoms with Crippen molar-refractivity contribution in [1.82, 2.24) is 15.2 Å². The van der Waals surface area contributed by atoms with Gasteiger partial charge in [0.05, 0.1) is 5.02 Å². The summed E-state index contributed by atoms with van der Waals surface area (Å²) in [5.74, 6) is 0.473. The van der Waals surface area contributed by atoms with Crippen LogP contribution in [0.15, 0.2) is 22.7 Å². The molecule has 1 aromatic carbocycles. The summed E-state index contributed by atoms with van der Waals surface area (Å²) in [5, 5.41) is 9.84. The summed E-state index contributed by atoms with van der Waals surface area (Å²) < 4.78 is 0.773. The Bertz CT molecular complexity index is 599. The van der Waals surface area contributed by atoms with Gasteiger partial charge in [-0.2, -0.15) is 0 Å². The standard InChI is InChI=1S/C12H12BrClN4O/c1-2-3-10-16-11(18-17-10)12(19)15-7-4-5-8(13)9(14)6-7/h4-6H,2-3H2,1H3,(H,15,19)(H,16,17,18). The van der Waals surface area contributed by atoms with Crippen LogP contribution in [0.3, 0.4) is 0 Å². The third-order valence-corrected chi connectivity index (χ3v) is 3.63. The molecule has 0 unspecified atom stereocenters. The summed E-state index contributed by atoms with van der Waals surface area (Å²) in [6, 6.07) is 5.16. The van der Waals surface area contributed by atoms with E-state index in [1.54, 1.807) is 18.2 Å². The molecule has 0 aliphatic carbocycles. The number of hydrogen-bond donors (Lipinski definition) is 2. The van der Waals surface area contributed by atoms with Gasteiger partial charge in [0.25, 0.3) is 5.91 Å². The molecule has 0 aliphatic heterocycles. The van der Waals surface area contributed by atoms with Crippen molar-refractivity contribution in [1.29, 1.82) is 0 Å². The van der Waals surface area contributed by atoms with Gasteiger partial charge in [-0.15, -0.1) is 5.10 Å². The van der Waals surface area contributed by atoms with Gasteiger partial charge in [-0.05, 0) is 40.5 Å². The van der Waals surface area contributed by atoms with E-state index in [1.807, 2.05) is 6.92 Å². The highest BCUT2D eigenvalue weighted by Crippen LogP contribution is 2.25. The number of halogens is 2. The minimum atomic E-state index is -0.364. The van der Waals surface area contributed by atoms with Gasteiger partial charge in [0.15, 0.2) is 0 Å². The van der Waals surface area contributed by atoms with E-state index in [4.69, 9.17) is 11.6 Å². The molecule has 0 radical (unpaired) electrons. The smallest absolute Gasteiger partial charge is 0.295 e. The molecule has 2 N–H and O–H groups in total. The van der Waals surface area contributed by atoms with Gasteiger partial charge >= 0.3 is 0 Å². The minimum absolute atomic E-state index is 0.127. The highest BCUT2D eigenvalue weighted by Gasteiger charge is 2.12. The number of amides is 1. The zero-order valence-corrected chi connectivity index (χ0v) is 12.5. The lowest BCUT2D eigenvalue weighted by molar-refractivity contribution is 0.101. The maximum atomic E-state index is 11.9. The molecule has 1 heterocycles. The van der Waals surface area contributed by atoms with Crippen molar-refractivity contribution < 1.29 is 4.79 Å². The van der Waals surface area contributed by atoms with Crippen LogP contribution in [-0.4, -0.2) is 21.1 Å². The highest BCUT2D eigenvalue weighted by atomic mass is 79.9. The number of benzene rings is 1. The predicted octanol–water partition coefficient (Wildman–Crippen LogP) is 3.43. The van der Waals surface area contributed by atoms with Crippen molar-refractivity contribution in [2.75, 3.05) is 5.32 Å². The fourth-order valence-electron chi connectivity index (χ4n) is 1.51. The molecular weight excluding hydrogens is 332 g/mol. The largest absolute Gasteiger partial charge is 0.319 e. The Morgan fingerprint density at radius 1 is 1.53 bits per heavy atom. The number of carbonyl (C=O) groups excluding carboxylic acids is 1. The molecule has 0 saturated carbocycles. The van der Waals surface area contributed by atoms with Crippen molar-refractivity contribution in [3.63, 3.8) is 0 Å². The van der Waals surface area contributed by atoms with E-state index in [-0.39, 0.29) is 11.7 Å². The Hall–Kier alpha value is -1.40. The maximum absolute atomic E-state index is 11.9. The second-order valence-corrected chi connectivity index (χ2v) is 5.20. The summed E-state index contributed by atoms with van der Waals surface area (Å²) in [5.41, 5.74) is 0.597. The van der Waals surface area contributed by atoms with E-state index >= 15 is 0 Å².